The largest absolute Gasteiger partial charge is 0.381 e. The van der Waals surface area contributed by atoms with Crippen LogP contribution < -0.4 is 10.2 Å². The average Bonchev–Trinajstić information content (AvgIpc) is 3.19. The fourth-order valence-electron chi connectivity index (χ4n) is 5.22. The van der Waals surface area contributed by atoms with Crippen molar-refractivity contribution in [3.8, 4) is 0 Å². The second-order valence-corrected chi connectivity index (χ2v) is 10.1. The third-order valence-electron chi connectivity index (χ3n) is 7.33. The van der Waals surface area contributed by atoms with Gasteiger partial charge in [0.1, 0.15) is 0 Å². The van der Waals surface area contributed by atoms with E-state index in [0.29, 0.717) is 23.4 Å². The summed E-state index contributed by atoms with van der Waals surface area (Å²) in [7, 11) is 0. The van der Waals surface area contributed by atoms with Crippen LogP contribution in [0.1, 0.15) is 38.5 Å². The van der Waals surface area contributed by atoms with Gasteiger partial charge in [-0.15, -0.1) is 0 Å². The van der Waals surface area contributed by atoms with E-state index < -0.39 is 0 Å². The van der Waals surface area contributed by atoms with Crippen LogP contribution in [0.4, 0.5) is 5.82 Å². The first-order valence-electron chi connectivity index (χ1n) is 12.0. The van der Waals surface area contributed by atoms with Gasteiger partial charge in [0.15, 0.2) is 11.4 Å². The Morgan fingerprint density at radius 2 is 1.88 bits per heavy atom. The molecule has 2 aliphatic heterocycles. The average molecular weight is 461 g/mol. The number of aromatic nitrogens is 1. The number of piperazine rings is 1. The zero-order valence-electron chi connectivity index (χ0n) is 18.6. The lowest BCUT2D eigenvalue weighted by Gasteiger charge is -2.36. The Kier molecular flexibility index (Phi) is 6.85. The molecule has 0 bridgehead atoms. The first-order valence-corrected chi connectivity index (χ1v) is 12.4. The highest BCUT2D eigenvalue weighted by Crippen LogP contribution is 2.30. The van der Waals surface area contributed by atoms with Gasteiger partial charge >= 0.3 is 0 Å². The highest BCUT2D eigenvalue weighted by atomic mass is 35.5. The molecule has 1 amide bonds. The lowest BCUT2D eigenvalue weighted by molar-refractivity contribution is -0.127. The van der Waals surface area contributed by atoms with Crippen molar-refractivity contribution >= 4 is 34.3 Å². The molecule has 3 heterocycles. The van der Waals surface area contributed by atoms with Gasteiger partial charge in [0.2, 0.25) is 5.91 Å². The van der Waals surface area contributed by atoms with E-state index in [1.165, 1.54) is 19.3 Å². The quantitative estimate of drug-likeness (QED) is 0.679. The van der Waals surface area contributed by atoms with E-state index in [4.69, 9.17) is 20.9 Å². The standard InChI is InChI=1S/C24H33ClN4O3/c25-19-3-6-21-22(14-19)32-27-24(21)29-11-9-28(10-12-29)8-7-17-1-4-20(5-2-17)26-23(30)13-18-15-31-16-18/h3,6,14,17-18,20H,1-2,4-5,7-13,15-16H2,(H,26,30)/t17-,20-. The molecule has 32 heavy (non-hydrogen) atoms. The normalized spacial score (nSPS) is 25.1. The van der Waals surface area contributed by atoms with Gasteiger partial charge in [-0.05, 0) is 56.7 Å². The van der Waals surface area contributed by atoms with E-state index in [-0.39, 0.29) is 5.91 Å². The van der Waals surface area contributed by atoms with Gasteiger partial charge < -0.3 is 19.5 Å². The maximum atomic E-state index is 12.1. The van der Waals surface area contributed by atoms with E-state index in [1.807, 2.05) is 18.2 Å². The Morgan fingerprint density at radius 1 is 1.09 bits per heavy atom. The fourth-order valence-corrected chi connectivity index (χ4v) is 5.38. The first kappa shape index (κ1) is 22.0. The van der Waals surface area contributed by atoms with Gasteiger partial charge in [0.25, 0.3) is 0 Å². The summed E-state index contributed by atoms with van der Waals surface area (Å²) < 4.78 is 10.6. The molecule has 3 fully saturated rings. The SMILES string of the molecule is O=C(CC1COC1)N[C@H]1CC[C@H](CCN2CCN(c3noc4cc(Cl)ccc34)CC2)CC1. The van der Waals surface area contributed by atoms with Crippen LogP contribution in [0.15, 0.2) is 22.7 Å². The topological polar surface area (TPSA) is 70.8 Å². The molecular formula is C24H33ClN4O3. The van der Waals surface area contributed by atoms with Crippen LogP contribution in [0, 0.1) is 11.8 Å². The predicted octanol–water partition coefficient (Wildman–Crippen LogP) is 3.70. The van der Waals surface area contributed by atoms with Crippen molar-refractivity contribution in [3.63, 3.8) is 0 Å². The number of rotatable bonds is 7. The summed E-state index contributed by atoms with van der Waals surface area (Å²) in [5, 5.41) is 9.25. The van der Waals surface area contributed by atoms with Crippen LogP contribution in [-0.2, 0) is 9.53 Å². The number of amides is 1. The van der Waals surface area contributed by atoms with E-state index >= 15 is 0 Å². The van der Waals surface area contributed by atoms with Crippen molar-refractivity contribution < 1.29 is 14.1 Å². The van der Waals surface area contributed by atoms with Gasteiger partial charge in [-0.25, -0.2) is 0 Å². The minimum absolute atomic E-state index is 0.211. The highest BCUT2D eigenvalue weighted by Gasteiger charge is 2.27. The summed E-state index contributed by atoms with van der Waals surface area (Å²) in [6, 6.07) is 6.09. The first-order chi connectivity index (χ1) is 15.6. The number of halogens is 1. The summed E-state index contributed by atoms with van der Waals surface area (Å²) in [6.07, 6.45) is 6.58. The minimum Gasteiger partial charge on any atom is -0.381 e. The number of nitrogens with one attached hydrogen (secondary N) is 1. The molecule has 1 saturated carbocycles. The van der Waals surface area contributed by atoms with E-state index in [0.717, 1.165) is 81.5 Å². The lowest BCUT2D eigenvalue weighted by Crippen LogP contribution is -2.47. The van der Waals surface area contributed by atoms with E-state index in [1.54, 1.807) is 0 Å². The Balaban J connectivity index is 1.01. The van der Waals surface area contributed by atoms with Crippen molar-refractivity contribution in [3.05, 3.63) is 23.2 Å². The summed E-state index contributed by atoms with van der Waals surface area (Å²) in [5.74, 6) is 2.36. The van der Waals surface area contributed by atoms with Gasteiger partial charge in [-0.1, -0.05) is 16.8 Å². The Morgan fingerprint density at radius 3 is 2.59 bits per heavy atom. The van der Waals surface area contributed by atoms with Crippen molar-refractivity contribution in [1.29, 1.82) is 0 Å². The molecule has 2 saturated heterocycles. The molecule has 7 nitrogen and oxygen atoms in total. The molecule has 174 valence electrons. The predicted molar refractivity (Wildman–Crippen MR) is 125 cm³/mol. The zero-order chi connectivity index (χ0) is 21.9. The molecule has 0 unspecified atom stereocenters. The van der Waals surface area contributed by atoms with Crippen LogP contribution in [0.25, 0.3) is 11.0 Å². The van der Waals surface area contributed by atoms with Crippen LogP contribution >= 0.6 is 11.6 Å². The Hall–Kier alpha value is -1.83. The molecule has 0 spiro atoms. The molecule has 8 heteroatoms. The van der Waals surface area contributed by atoms with Crippen LogP contribution in [-0.4, -0.2) is 67.9 Å². The molecule has 3 aliphatic rings. The Labute approximate surface area is 194 Å². The van der Waals surface area contributed by atoms with Gasteiger partial charge in [0, 0.05) is 55.6 Å². The number of ether oxygens (including phenoxy) is 1. The molecule has 2 aromatic rings. The minimum atomic E-state index is 0.211. The van der Waals surface area contributed by atoms with Gasteiger partial charge in [-0.3, -0.25) is 9.69 Å². The molecule has 0 atom stereocenters. The number of carbonyl (C=O) groups is 1. The smallest absolute Gasteiger partial charge is 0.220 e. The zero-order valence-corrected chi connectivity index (χ0v) is 19.4. The summed E-state index contributed by atoms with van der Waals surface area (Å²) in [6.45, 7) is 6.70. The third-order valence-corrected chi connectivity index (χ3v) is 7.57. The molecule has 5 rings (SSSR count). The van der Waals surface area contributed by atoms with E-state index in [9.17, 15) is 4.79 Å². The Bertz CT molecular complexity index is 915. The van der Waals surface area contributed by atoms with Crippen molar-refractivity contribution in [2.75, 3.05) is 50.8 Å². The molecule has 1 N–H and O–H groups in total. The third kappa shape index (κ3) is 5.21. The summed E-state index contributed by atoms with van der Waals surface area (Å²) in [4.78, 5) is 17.0. The molecular weight excluding hydrogens is 428 g/mol. The van der Waals surface area contributed by atoms with Crippen molar-refractivity contribution in [2.24, 2.45) is 11.8 Å². The van der Waals surface area contributed by atoms with Crippen LogP contribution in [0.3, 0.4) is 0 Å². The van der Waals surface area contributed by atoms with Crippen LogP contribution in [0.5, 0.6) is 0 Å². The highest BCUT2D eigenvalue weighted by molar-refractivity contribution is 6.31. The number of nitrogens with zero attached hydrogens (tertiary/aromatic N) is 3. The number of fused-ring (bicyclic) bond motifs is 1. The van der Waals surface area contributed by atoms with Gasteiger partial charge in [0.05, 0.1) is 18.6 Å². The summed E-state index contributed by atoms with van der Waals surface area (Å²) in [5.41, 5.74) is 0.749. The number of benzene rings is 1. The van der Waals surface area contributed by atoms with Crippen molar-refractivity contribution in [1.82, 2.24) is 15.4 Å². The monoisotopic (exact) mass is 460 g/mol. The fraction of sp³-hybridized carbons (Fsp3) is 0.667. The summed E-state index contributed by atoms with van der Waals surface area (Å²) >= 11 is 6.06. The number of anilines is 1. The van der Waals surface area contributed by atoms with E-state index in [2.05, 4.69) is 20.3 Å². The second-order valence-electron chi connectivity index (χ2n) is 9.66. The maximum Gasteiger partial charge on any atom is 0.220 e. The lowest BCUT2D eigenvalue weighted by atomic mass is 9.84. The number of hydrogen-bond donors (Lipinski definition) is 1. The van der Waals surface area contributed by atoms with Crippen molar-refractivity contribution in [2.45, 2.75) is 44.6 Å². The number of hydrogen-bond acceptors (Lipinski definition) is 6. The molecule has 1 aromatic carbocycles. The van der Waals surface area contributed by atoms with Gasteiger partial charge in [-0.2, -0.15) is 0 Å². The second kappa shape index (κ2) is 9.98. The molecule has 0 radical (unpaired) electrons. The number of carbonyl (C=O) groups excluding carboxylic acids is 1. The maximum absolute atomic E-state index is 12.1. The molecule has 1 aliphatic carbocycles. The van der Waals surface area contributed by atoms with Crippen LogP contribution in [0.2, 0.25) is 5.02 Å². The molecule has 1 aromatic heterocycles.